The number of benzene rings is 3. The maximum atomic E-state index is 12.8. The molecule has 0 heterocycles. The molecule has 3 aromatic carbocycles. The van der Waals surface area contributed by atoms with E-state index in [4.69, 9.17) is 9.47 Å². The Bertz CT molecular complexity index is 1050. The van der Waals surface area contributed by atoms with Crippen molar-refractivity contribution in [2.24, 2.45) is 0 Å². The molecule has 4 rings (SSSR count). The fraction of sp³-hybridized carbons (Fsp3) is 0.259. The molecule has 31 heavy (non-hydrogen) atoms. The van der Waals surface area contributed by atoms with Crippen LogP contribution < -0.4 is 9.47 Å². The molecule has 0 aliphatic heterocycles. The summed E-state index contributed by atoms with van der Waals surface area (Å²) in [6.07, 6.45) is 5.32. The van der Waals surface area contributed by atoms with E-state index in [2.05, 4.69) is 6.07 Å². The van der Waals surface area contributed by atoms with Crippen LogP contribution in [-0.2, 0) is 6.42 Å². The number of hydrogen-bond donors (Lipinski definition) is 0. The average Bonchev–Trinajstić information content (AvgIpc) is 3.36. The van der Waals surface area contributed by atoms with Gasteiger partial charge in [0.05, 0.1) is 11.1 Å². The van der Waals surface area contributed by atoms with Gasteiger partial charge in [-0.2, -0.15) is 0 Å². The highest BCUT2D eigenvalue weighted by Gasteiger charge is 2.24. The Hall–Kier alpha value is -3.40. The van der Waals surface area contributed by atoms with Gasteiger partial charge in [0.15, 0.2) is 11.5 Å². The summed E-state index contributed by atoms with van der Waals surface area (Å²) in [5.74, 6) is 0.129. The van der Waals surface area contributed by atoms with Crippen LogP contribution in [0.2, 0.25) is 0 Å². The minimum absolute atomic E-state index is 0.305. The van der Waals surface area contributed by atoms with Crippen molar-refractivity contribution in [1.82, 2.24) is 0 Å². The lowest BCUT2D eigenvalue weighted by atomic mass is 9.94. The van der Waals surface area contributed by atoms with Gasteiger partial charge in [0, 0.05) is 0 Å². The second-order valence-corrected chi connectivity index (χ2v) is 7.85. The van der Waals surface area contributed by atoms with Crippen LogP contribution in [0.25, 0.3) is 0 Å². The van der Waals surface area contributed by atoms with Gasteiger partial charge < -0.3 is 9.47 Å². The predicted octanol–water partition coefficient (Wildman–Crippen LogP) is 6.35. The van der Waals surface area contributed by atoms with Crippen LogP contribution in [0, 0.1) is 0 Å². The minimum Gasteiger partial charge on any atom is -0.419 e. The highest BCUT2D eigenvalue weighted by molar-refractivity contribution is 5.93. The number of carbonyl (C=O) groups excluding carboxylic acids is 2. The number of rotatable bonds is 6. The molecule has 0 atom stereocenters. The van der Waals surface area contributed by atoms with E-state index in [1.54, 1.807) is 48.5 Å². The molecular formula is C27H26O4. The van der Waals surface area contributed by atoms with Gasteiger partial charge in [0.2, 0.25) is 0 Å². The molecule has 1 fully saturated rings. The Balaban J connectivity index is 1.72. The Labute approximate surface area is 182 Å². The Morgan fingerprint density at radius 2 is 1.35 bits per heavy atom. The van der Waals surface area contributed by atoms with Crippen molar-refractivity contribution in [1.29, 1.82) is 0 Å². The van der Waals surface area contributed by atoms with Crippen molar-refractivity contribution < 1.29 is 19.1 Å². The van der Waals surface area contributed by atoms with Gasteiger partial charge in [0.1, 0.15) is 0 Å². The molecule has 0 N–H and O–H groups in total. The normalized spacial score (nSPS) is 13.7. The Morgan fingerprint density at radius 3 is 1.90 bits per heavy atom. The molecular weight excluding hydrogens is 388 g/mol. The lowest BCUT2D eigenvalue weighted by Crippen LogP contribution is -2.14. The van der Waals surface area contributed by atoms with Gasteiger partial charge >= 0.3 is 11.9 Å². The number of ether oxygens (including phenoxy) is 2. The van der Waals surface area contributed by atoms with Gasteiger partial charge in [-0.15, -0.1) is 0 Å². The molecule has 1 aliphatic carbocycles. The zero-order valence-electron chi connectivity index (χ0n) is 17.7. The molecule has 0 bridgehead atoms. The summed E-state index contributed by atoms with van der Waals surface area (Å²) in [7, 11) is 0. The molecule has 4 heteroatoms. The van der Waals surface area contributed by atoms with Crippen molar-refractivity contribution in [3.05, 3.63) is 95.1 Å². The second-order valence-electron chi connectivity index (χ2n) is 7.85. The molecule has 0 saturated heterocycles. The summed E-state index contributed by atoms with van der Waals surface area (Å²) in [4.78, 5) is 25.6. The summed E-state index contributed by atoms with van der Waals surface area (Å²) in [5, 5.41) is 0. The van der Waals surface area contributed by atoms with Crippen molar-refractivity contribution in [2.45, 2.75) is 44.9 Å². The first-order chi connectivity index (χ1) is 15.2. The fourth-order valence-electron chi connectivity index (χ4n) is 4.09. The van der Waals surface area contributed by atoms with Crippen molar-refractivity contribution in [3.8, 4) is 11.5 Å². The minimum atomic E-state index is -0.471. The first kappa shape index (κ1) is 20.9. The number of esters is 2. The van der Waals surface area contributed by atoms with Gasteiger partial charge in [0.25, 0.3) is 0 Å². The monoisotopic (exact) mass is 414 g/mol. The van der Waals surface area contributed by atoms with Crippen LogP contribution in [0.1, 0.15) is 70.4 Å². The molecule has 1 saturated carbocycles. The second kappa shape index (κ2) is 9.61. The van der Waals surface area contributed by atoms with Crippen LogP contribution in [0.5, 0.6) is 11.5 Å². The Kier molecular flexibility index (Phi) is 6.46. The van der Waals surface area contributed by atoms with Crippen LogP contribution in [0.3, 0.4) is 0 Å². The van der Waals surface area contributed by atoms with Gasteiger partial charge in [-0.1, -0.05) is 62.2 Å². The van der Waals surface area contributed by atoms with Crippen molar-refractivity contribution in [3.63, 3.8) is 0 Å². The third-order valence-electron chi connectivity index (χ3n) is 5.78. The van der Waals surface area contributed by atoms with Crippen LogP contribution >= 0.6 is 0 Å². The molecule has 3 aromatic rings. The molecule has 0 unspecified atom stereocenters. The lowest BCUT2D eigenvalue weighted by Gasteiger charge is -2.18. The van der Waals surface area contributed by atoms with E-state index < -0.39 is 11.9 Å². The summed E-state index contributed by atoms with van der Waals surface area (Å²) in [5.41, 5.74) is 2.91. The maximum Gasteiger partial charge on any atom is 0.343 e. The van der Waals surface area contributed by atoms with Gasteiger partial charge in [-0.05, 0) is 66.6 Å². The topological polar surface area (TPSA) is 52.6 Å². The quantitative estimate of drug-likeness (QED) is 0.349. The lowest BCUT2D eigenvalue weighted by molar-refractivity contribution is 0.0681. The van der Waals surface area contributed by atoms with Crippen LogP contribution in [-0.4, -0.2) is 11.9 Å². The van der Waals surface area contributed by atoms with E-state index in [0.717, 1.165) is 24.0 Å². The molecule has 1 aliphatic rings. The van der Waals surface area contributed by atoms with Crippen LogP contribution in [0.4, 0.5) is 0 Å². The molecule has 0 spiro atoms. The van der Waals surface area contributed by atoms with Crippen molar-refractivity contribution in [2.75, 3.05) is 0 Å². The SMILES string of the molecule is CCc1cc(C2CCCC2)cc(OC(=O)c2ccccc2)c1OC(=O)c1ccccc1. The number of carbonyl (C=O) groups is 2. The third kappa shape index (κ3) is 4.85. The highest BCUT2D eigenvalue weighted by atomic mass is 16.6. The number of hydrogen-bond acceptors (Lipinski definition) is 4. The third-order valence-corrected chi connectivity index (χ3v) is 5.78. The maximum absolute atomic E-state index is 12.8. The van der Waals surface area contributed by atoms with Gasteiger partial charge in [-0.3, -0.25) is 0 Å². The summed E-state index contributed by atoms with van der Waals surface area (Å²) in [6, 6.07) is 21.7. The Morgan fingerprint density at radius 1 is 0.806 bits per heavy atom. The van der Waals surface area contributed by atoms with E-state index in [9.17, 15) is 9.59 Å². The van der Waals surface area contributed by atoms with E-state index in [-0.39, 0.29) is 0 Å². The van der Waals surface area contributed by atoms with Crippen LogP contribution in [0.15, 0.2) is 72.8 Å². The summed E-state index contributed by atoms with van der Waals surface area (Å²) >= 11 is 0. The first-order valence-corrected chi connectivity index (χ1v) is 10.9. The van der Waals surface area contributed by atoms with E-state index in [1.807, 2.05) is 25.1 Å². The fourth-order valence-corrected chi connectivity index (χ4v) is 4.09. The average molecular weight is 415 g/mol. The standard InChI is InChI=1S/C27H26O4/c1-2-19-17-23(20-11-9-10-12-20)18-24(30-26(28)21-13-5-3-6-14-21)25(19)31-27(29)22-15-7-4-8-16-22/h3-8,13-18,20H,2,9-12H2,1H3. The molecule has 0 aromatic heterocycles. The summed E-state index contributed by atoms with van der Waals surface area (Å²) < 4.78 is 11.6. The predicted molar refractivity (Wildman–Crippen MR) is 120 cm³/mol. The van der Waals surface area contributed by atoms with E-state index in [0.29, 0.717) is 35.0 Å². The van der Waals surface area contributed by atoms with Gasteiger partial charge in [-0.25, -0.2) is 9.59 Å². The van der Waals surface area contributed by atoms with E-state index >= 15 is 0 Å². The number of aryl methyl sites for hydroxylation is 1. The molecule has 0 radical (unpaired) electrons. The van der Waals surface area contributed by atoms with E-state index in [1.165, 1.54) is 12.8 Å². The van der Waals surface area contributed by atoms with Crippen molar-refractivity contribution >= 4 is 11.9 Å². The first-order valence-electron chi connectivity index (χ1n) is 10.9. The highest BCUT2D eigenvalue weighted by Crippen LogP contribution is 2.41. The molecule has 4 nitrogen and oxygen atoms in total. The zero-order valence-corrected chi connectivity index (χ0v) is 17.7. The molecule has 158 valence electrons. The summed E-state index contributed by atoms with van der Waals surface area (Å²) in [6.45, 7) is 2.01. The largest absolute Gasteiger partial charge is 0.419 e. The molecule has 0 amide bonds. The smallest absolute Gasteiger partial charge is 0.343 e. The zero-order chi connectivity index (χ0) is 21.6.